The van der Waals surface area contributed by atoms with Gasteiger partial charge in [-0.05, 0) is 11.3 Å². The summed E-state index contributed by atoms with van der Waals surface area (Å²) in [6.45, 7) is 0.0594. The molecule has 0 spiro atoms. The smallest absolute Gasteiger partial charge is 0.264 e. The zero-order valence-electron chi connectivity index (χ0n) is 8.18. The minimum atomic E-state index is -4.43. The van der Waals surface area contributed by atoms with Crippen LogP contribution in [0.2, 0.25) is 0 Å². The highest BCUT2D eigenvalue weighted by Crippen LogP contribution is 2.27. The first-order valence-electron chi connectivity index (χ1n) is 4.28. The van der Waals surface area contributed by atoms with Crippen LogP contribution in [0, 0.1) is 0 Å². The molecule has 0 bridgehead atoms. The Morgan fingerprint density at radius 1 is 1.31 bits per heavy atom. The van der Waals surface area contributed by atoms with Crippen LogP contribution in [0.1, 0.15) is 11.5 Å². The molecule has 2 heterocycles. The zero-order valence-corrected chi connectivity index (χ0v) is 8.18. The highest BCUT2D eigenvalue weighted by atomic mass is 19.4. The van der Waals surface area contributed by atoms with Crippen LogP contribution in [0.5, 0.6) is 0 Å². The number of tetrazole rings is 1. The molecule has 2 rings (SSSR count). The van der Waals surface area contributed by atoms with Gasteiger partial charge in [-0.25, -0.2) is 0 Å². The summed E-state index contributed by atoms with van der Waals surface area (Å²) < 4.78 is 37.8. The van der Waals surface area contributed by atoms with Crippen molar-refractivity contribution in [2.24, 2.45) is 7.05 Å². The molecule has 2 aromatic heterocycles. The SMILES string of the molecule is Cn1nnc(Cn2ccc(C(F)(F)F)n2)n1. The Morgan fingerprint density at radius 2 is 2.06 bits per heavy atom. The standard InChI is InChI=1S/C7H7F3N6/c1-15-13-6(11-14-15)4-16-3-2-5(12-16)7(8,9)10/h2-3H,4H2,1H3. The summed E-state index contributed by atoms with van der Waals surface area (Å²) in [6.07, 6.45) is -3.21. The number of alkyl halides is 3. The Labute approximate surface area is 87.7 Å². The molecule has 0 unspecified atom stereocenters. The second kappa shape index (κ2) is 3.58. The molecule has 0 aromatic carbocycles. The van der Waals surface area contributed by atoms with Crippen LogP contribution in [0.4, 0.5) is 13.2 Å². The second-order valence-corrected chi connectivity index (χ2v) is 3.09. The van der Waals surface area contributed by atoms with Gasteiger partial charge in [-0.3, -0.25) is 4.68 Å². The first-order chi connectivity index (χ1) is 7.45. The summed E-state index contributed by atoms with van der Waals surface area (Å²) >= 11 is 0. The van der Waals surface area contributed by atoms with Crippen molar-refractivity contribution < 1.29 is 13.2 Å². The van der Waals surface area contributed by atoms with Crippen molar-refractivity contribution in [2.75, 3.05) is 0 Å². The number of aromatic nitrogens is 6. The maximum absolute atomic E-state index is 12.2. The number of hydrogen-bond acceptors (Lipinski definition) is 4. The van der Waals surface area contributed by atoms with E-state index >= 15 is 0 Å². The van der Waals surface area contributed by atoms with Gasteiger partial charge in [0.25, 0.3) is 0 Å². The molecule has 2 aromatic rings. The van der Waals surface area contributed by atoms with Crippen molar-refractivity contribution in [2.45, 2.75) is 12.7 Å². The van der Waals surface area contributed by atoms with Crippen molar-refractivity contribution in [3.8, 4) is 0 Å². The van der Waals surface area contributed by atoms with Crippen LogP contribution in [-0.2, 0) is 19.8 Å². The van der Waals surface area contributed by atoms with Gasteiger partial charge >= 0.3 is 6.18 Å². The third-order valence-electron chi connectivity index (χ3n) is 1.78. The topological polar surface area (TPSA) is 61.4 Å². The monoisotopic (exact) mass is 232 g/mol. The number of nitrogens with zero attached hydrogens (tertiary/aromatic N) is 6. The number of aryl methyl sites for hydroxylation is 1. The third-order valence-corrected chi connectivity index (χ3v) is 1.78. The molecule has 0 amide bonds. The summed E-state index contributed by atoms with van der Waals surface area (Å²) in [4.78, 5) is 1.23. The van der Waals surface area contributed by atoms with Crippen molar-refractivity contribution in [3.05, 3.63) is 23.8 Å². The van der Waals surface area contributed by atoms with Crippen LogP contribution in [0.3, 0.4) is 0 Å². The molecule has 9 heteroatoms. The van der Waals surface area contributed by atoms with Crippen molar-refractivity contribution in [1.82, 2.24) is 30.0 Å². The van der Waals surface area contributed by atoms with Gasteiger partial charge in [0, 0.05) is 6.20 Å². The first kappa shape index (κ1) is 10.6. The Morgan fingerprint density at radius 3 is 2.56 bits per heavy atom. The zero-order chi connectivity index (χ0) is 11.8. The van der Waals surface area contributed by atoms with E-state index < -0.39 is 11.9 Å². The van der Waals surface area contributed by atoms with Crippen LogP contribution in [-0.4, -0.2) is 30.0 Å². The van der Waals surface area contributed by atoms with Gasteiger partial charge in [-0.15, -0.1) is 10.2 Å². The minimum Gasteiger partial charge on any atom is -0.264 e. The summed E-state index contributed by atoms with van der Waals surface area (Å²) in [7, 11) is 1.57. The highest BCUT2D eigenvalue weighted by Gasteiger charge is 2.33. The largest absolute Gasteiger partial charge is 0.435 e. The lowest BCUT2D eigenvalue weighted by molar-refractivity contribution is -0.141. The van der Waals surface area contributed by atoms with E-state index in [1.165, 1.54) is 11.0 Å². The minimum absolute atomic E-state index is 0.0594. The Bertz CT molecular complexity index is 484. The Hall–Kier alpha value is -1.93. The molecule has 0 aliphatic carbocycles. The normalized spacial score (nSPS) is 12.0. The lowest BCUT2D eigenvalue weighted by atomic mass is 10.4. The van der Waals surface area contributed by atoms with Crippen molar-refractivity contribution in [1.29, 1.82) is 0 Å². The van der Waals surface area contributed by atoms with Crippen LogP contribution in [0.15, 0.2) is 12.3 Å². The molecule has 0 saturated heterocycles. The molecule has 0 atom stereocenters. The predicted molar refractivity (Wildman–Crippen MR) is 45.1 cm³/mol. The summed E-state index contributed by atoms with van der Waals surface area (Å²) in [5, 5.41) is 14.4. The first-order valence-corrected chi connectivity index (χ1v) is 4.28. The fourth-order valence-electron chi connectivity index (χ4n) is 1.13. The van der Waals surface area contributed by atoms with E-state index in [2.05, 4.69) is 20.5 Å². The van der Waals surface area contributed by atoms with Gasteiger partial charge in [0.1, 0.15) is 6.54 Å². The molecule has 0 saturated carbocycles. The van der Waals surface area contributed by atoms with Gasteiger partial charge in [-0.1, -0.05) is 0 Å². The predicted octanol–water partition coefficient (Wildman–Crippen LogP) is 0.474. The fourth-order valence-corrected chi connectivity index (χ4v) is 1.13. The van der Waals surface area contributed by atoms with E-state index in [-0.39, 0.29) is 6.54 Å². The van der Waals surface area contributed by atoms with E-state index in [1.54, 1.807) is 7.05 Å². The van der Waals surface area contributed by atoms with Crippen LogP contribution < -0.4 is 0 Å². The van der Waals surface area contributed by atoms with E-state index in [0.717, 1.165) is 10.7 Å². The molecule has 86 valence electrons. The molecular weight excluding hydrogens is 225 g/mol. The van der Waals surface area contributed by atoms with E-state index in [1.807, 2.05) is 0 Å². The average Bonchev–Trinajstić information content (AvgIpc) is 2.74. The Kier molecular flexibility index (Phi) is 2.37. The molecule has 0 aliphatic rings. The highest BCUT2D eigenvalue weighted by molar-refractivity contribution is 5.03. The second-order valence-electron chi connectivity index (χ2n) is 3.09. The maximum atomic E-state index is 12.2. The lowest BCUT2D eigenvalue weighted by Gasteiger charge is -2.00. The molecule has 0 N–H and O–H groups in total. The summed E-state index contributed by atoms with van der Waals surface area (Å²) in [6, 6.07) is 0.899. The molecular formula is C7H7F3N6. The van der Waals surface area contributed by atoms with Gasteiger partial charge in [0.05, 0.1) is 7.05 Å². The van der Waals surface area contributed by atoms with Crippen LogP contribution >= 0.6 is 0 Å². The van der Waals surface area contributed by atoms with Gasteiger partial charge in [-0.2, -0.15) is 23.1 Å². The molecule has 0 aliphatic heterocycles. The van der Waals surface area contributed by atoms with Crippen molar-refractivity contribution >= 4 is 0 Å². The van der Waals surface area contributed by atoms with E-state index in [9.17, 15) is 13.2 Å². The van der Waals surface area contributed by atoms with Gasteiger partial charge in [0.2, 0.25) is 0 Å². The molecule has 16 heavy (non-hydrogen) atoms. The summed E-state index contributed by atoms with van der Waals surface area (Å²) in [5.74, 6) is 0.305. The van der Waals surface area contributed by atoms with Crippen molar-refractivity contribution in [3.63, 3.8) is 0 Å². The number of hydrogen-bond donors (Lipinski definition) is 0. The van der Waals surface area contributed by atoms with Crippen LogP contribution in [0.25, 0.3) is 0 Å². The van der Waals surface area contributed by atoms with E-state index in [0.29, 0.717) is 5.82 Å². The maximum Gasteiger partial charge on any atom is 0.435 e. The third kappa shape index (κ3) is 2.18. The Balaban J connectivity index is 2.14. The number of rotatable bonds is 2. The van der Waals surface area contributed by atoms with Gasteiger partial charge < -0.3 is 0 Å². The quantitative estimate of drug-likeness (QED) is 0.755. The number of halogens is 3. The molecule has 6 nitrogen and oxygen atoms in total. The lowest BCUT2D eigenvalue weighted by Crippen LogP contribution is -2.09. The average molecular weight is 232 g/mol. The molecule has 0 fully saturated rings. The fraction of sp³-hybridized carbons (Fsp3) is 0.429. The van der Waals surface area contributed by atoms with Gasteiger partial charge in [0.15, 0.2) is 11.5 Å². The molecule has 0 radical (unpaired) electrons. The van der Waals surface area contributed by atoms with E-state index in [4.69, 9.17) is 0 Å². The summed E-state index contributed by atoms with van der Waals surface area (Å²) in [5.41, 5.74) is -0.934.